The lowest BCUT2D eigenvalue weighted by molar-refractivity contribution is 0.0114. The molecule has 0 fully saturated rings. The summed E-state index contributed by atoms with van der Waals surface area (Å²) < 4.78 is 27.3. The van der Waals surface area contributed by atoms with E-state index in [2.05, 4.69) is 0 Å². The van der Waals surface area contributed by atoms with Gasteiger partial charge >= 0.3 is 0 Å². The van der Waals surface area contributed by atoms with E-state index < -0.39 is 0 Å². The molecule has 2 N–H and O–H groups in total. The van der Waals surface area contributed by atoms with Crippen LogP contribution in [0.15, 0.2) is 48.5 Å². The number of rotatable bonds is 13. The van der Waals surface area contributed by atoms with Crippen LogP contribution in [0.1, 0.15) is 6.92 Å². The molecule has 0 amide bonds. The number of benzene rings is 2. The van der Waals surface area contributed by atoms with Crippen molar-refractivity contribution in [1.82, 2.24) is 0 Å². The number of ether oxygens (including phenoxy) is 5. The van der Waals surface area contributed by atoms with E-state index in [0.29, 0.717) is 51.9 Å². The molecule has 0 aromatic heterocycles. The fourth-order valence-electron chi connectivity index (χ4n) is 2.08. The fraction of sp³-hybridized carbons (Fsp3) is 0.400. The smallest absolute Gasteiger partial charge is 0.127 e. The molecule has 0 unspecified atom stereocenters. The highest BCUT2D eigenvalue weighted by Gasteiger charge is 1.99. The summed E-state index contributed by atoms with van der Waals surface area (Å²) in [5.41, 5.74) is 6.36. The van der Waals surface area contributed by atoms with Crippen LogP contribution in [0, 0.1) is 0 Å². The number of nitrogen functional groups attached to an aromatic ring is 1. The Bertz CT molecular complexity index is 601. The fourth-order valence-corrected chi connectivity index (χ4v) is 2.08. The molecule has 0 bridgehead atoms. The van der Waals surface area contributed by atoms with Crippen molar-refractivity contribution in [2.75, 3.05) is 52.0 Å². The van der Waals surface area contributed by atoms with Crippen molar-refractivity contribution in [3.05, 3.63) is 48.5 Å². The van der Waals surface area contributed by atoms with E-state index in [0.717, 1.165) is 17.2 Å². The van der Waals surface area contributed by atoms with E-state index in [-0.39, 0.29) is 0 Å². The van der Waals surface area contributed by atoms with Crippen LogP contribution < -0.4 is 15.2 Å². The first kappa shape index (κ1) is 20.0. The Morgan fingerprint density at radius 1 is 0.615 bits per heavy atom. The second-order valence-electron chi connectivity index (χ2n) is 5.41. The summed E-state index contributed by atoms with van der Waals surface area (Å²) >= 11 is 0. The molecule has 0 radical (unpaired) electrons. The molecule has 6 heteroatoms. The number of nitrogens with two attached hydrogens (primary N) is 1. The Balaban J connectivity index is 1.55. The molecule has 2 aromatic carbocycles. The van der Waals surface area contributed by atoms with Gasteiger partial charge in [0.05, 0.1) is 33.0 Å². The van der Waals surface area contributed by atoms with Gasteiger partial charge in [-0.3, -0.25) is 0 Å². The molecule has 0 aliphatic heterocycles. The van der Waals surface area contributed by atoms with E-state index >= 15 is 0 Å². The lowest BCUT2D eigenvalue weighted by Gasteiger charge is -2.09. The first-order valence-corrected chi connectivity index (χ1v) is 8.77. The molecule has 0 aliphatic carbocycles. The predicted octanol–water partition coefficient (Wildman–Crippen LogP) is 3.51. The van der Waals surface area contributed by atoms with E-state index in [1.165, 1.54) is 0 Å². The van der Waals surface area contributed by atoms with E-state index in [1.54, 1.807) is 12.1 Å². The van der Waals surface area contributed by atoms with Crippen LogP contribution in [0.3, 0.4) is 0 Å². The number of anilines is 1. The molecule has 26 heavy (non-hydrogen) atoms. The quantitative estimate of drug-likeness (QED) is 0.435. The van der Waals surface area contributed by atoms with Crippen LogP contribution in [-0.4, -0.2) is 46.2 Å². The lowest BCUT2D eigenvalue weighted by Crippen LogP contribution is -2.12. The summed E-state index contributed by atoms with van der Waals surface area (Å²) in [4.78, 5) is 0. The van der Waals surface area contributed by atoms with E-state index in [9.17, 15) is 0 Å². The van der Waals surface area contributed by atoms with Gasteiger partial charge in [-0.2, -0.15) is 0 Å². The molecular formula is C20H27NO5. The topological polar surface area (TPSA) is 72.2 Å². The maximum atomic E-state index is 5.73. The van der Waals surface area contributed by atoms with Crippen molar-refractivity contribution in [3.63, 3.8) is 0 Å². The van der Waals surface area contributed by atoms with Crippen LogP contribution >= 0.6 is 0 Å². The lowest BCUT2D eigenvalue weighted by atomic mass is 10.3. The van der Waals surface area contributed by atoms with Gasteiger partial charge in [0.25, 0.3) is 0 Å². The standard InChI is InChI=1S/C20H27NO5/c1-2-22-11-12-23-13-14-24-15-16-25-18-7-9-20(10-8-18)26-19-5-3-17(21)4-6-19/h3-10H,2,11-16,21H2,1H3. The van der Waals surface area contributed by atoms with Crippen LogP contribution in [0.2, 0.25) is 0 Å². The molecule has 2 rings (SSSR count). The molecule has 0 atom stereocenters. The Labute approximate surface area is 154 Å². The van der Waals surface area contributed by atoms with Crippen LogP contribution in [0.25, 0.3) is 0 Å². The van der Waals surface area contributed by atoms with Gasteiger partial charge in [0.2, 0.25) is 0 Å². The Hall–Kier alpha value is -2.28. The van der Waals surface area contributed by atoms with Gasteiger partial charge in [-0.1, -0.05) is 0 Å². The second-order valence-corrected chi connectivity index (χ2v) is 5.41. The van der Waals surface area contributed by atoms with Crippen LogP contribution in [0.4, 0.5) is 5.69 Å². The first-order chi connectivity index (χ1) is 12.8. The van der Waals surface area contributed by atoms with Gasteiger partial charge in [0.1, 0.15) is 23.9 Å². The third-order valence-corrected chi connectivity index (χ3v) is 3.38. The molecule has 0 saturated carbocycles. The Kier molecular flexibility index (Phi) is 9.35. The minimum atomic E-state index is 0.483. The van der Waals surface area contributed by atoms with Crippen LogP contribution in [0.5, 0.6) is 17.2 Å². The van der Waals surface area contributed by atoms with Crippen molar-refractivity contribution in [2.45, 2.75) is 6.92 Å². The summed E-state index contributed by atoms with van der Waals surface area (Å²) in [5.74, 6) is 2.25. The zero-order valence-corrected chi connectivity index (χ0v) is 15.2. The second kappa shape index (κ2) is 12.1. The summed E-state index contributed by atoms with van der Waals surface area (Å²) in [7, 11) is 0. The number of hydrogen-bond acceptors (Lipinski definition) is 6. The zero-order chi connectivity index (χ0) is 18.5. The maximum absolute atomic E-state index is 5.73. The van der Waals surface area contributed by atoms with Gasteiger partial charge in [-0.15, -0.1) is 0 Å². The van der Waals surface area contributed by atoms with Gasteiger partial charge in [0.15, 0.2) is 0 Å². The summed E-state index contributed by atoms with van der Waals surface area (Å²) in [6, 6.07) is 14.7. The van der Waals surface area contributed by atoms with Crippen molar-refractivity contribution in [3.8, 4) is 17.2 Å². The van der Waals surface area contributed by atoms with Gasteiger partial charge in [0, 0.05) is 12.3 Å². The molecule has 0 saturated heterocycles. The SMILES string of the molecule is CCOCCOCCOCCOc1ccc(Oc2ccc(N)cc2)cc1. The molecule has 142 valence electrons. The summed E-state index contributed by atoms with van der Waals surface area (Å²) in [5, 5.41) is 0. The highest BCUT2D eigenvalue weighted by atomic mass is 16.6. The number of hydrogen-bond donors (Lipinski definition) is 1. The van der Waals surface area contributed by atoms with Crippen LogP contribution in [-0.2, 0) is 14.2 Å². The minimum Gasteiger partial charge on any atom is -0.491 e. The largest absolute Gasteiger partial charge is 0.491 e. The third-order valence-electron chi connectivity index (χ3n) is 3.38. The van der Waals surface area contributed by atoms with Crippen molar-refractivity contribution >= 4 is 5.69 Å². The van der Waals surface area contributed by atoms with E-state index in [1.807, 2.05) is 43.3 Å². The molecule has 2 aromatic rings. The van der Waals surface area contributed by atoms with Gasteiger partial charge in [-0.05, 0) is 55.5 Å². The molecular weight excluding hydrogens is 334 g/mol. The molecule has 0 spiro atoms. The van der Waals surface area contributed by atoms with Gasteiger partial charge in [-0.25, -0.2) is 0 Å². The first-order valence-electron chi connectivity index (χ1n) is 8.77. The Morgan fingerprint density at radius 3 is 1.65 bits per heavy atom. The maximum Gasteiger partial charge on any atom is 0.127 e. The van der Waals surface area contributed by atoms with Crippen molar-refractivity contribution < 1.29 is 23.7 Å². The normalized spacial score (nSPS) is 10.7. The average molecular weight is 361 g/mol. The van der Waals surface area contributed by atoms with Crippen molar-refractivity contribution in [1.29, 1.82) is 0 Å². The molecule has 0 aliphatic rings. The average Bonchev–Trinajstić information content (AvgIpc) is 2.66. The zero-order valence-electron chi connectivity index (χ0n) is 15.2. The predicted molar refractivity (Wildman–Crippen MR) is 101 cm³/mol. The molecule has 6 nitrogen and oxygen atoms in total. The highest BCUT2D eigenvalue weighted by molar-refractivity contribution is 5.43. The summed E-state index contributed by atoms with van der Waals surface area (Å²) in [6.45, 7) is 6.00. The minimum absolute atomic E-state index is 0.483. The summed E-state index contributed by atoms with van der Waals surface area (Å²) in [6.07, 6.45) is 0. The van der Waals surface area contributed by atoms with Gasteiger partial charge < -0.3 is 29.4 Å². The monoisotopic (exact) mass is 361 g/mol. The van der Waals surface area contributed by atoms with E-state index in [4.69, 9.17) is 29.4 Å². The Morgan fingerprint density at radius 2 is 1.08 bits per heavy atom. The highest BCUT2D eigenvalue weighted by Crippen LogP contribution is 2.24. The molecule has 0 heterocycles. The third kappa shape index (κ3) is 8.20. The van der Waals surface area contributed by atoms with Crippen molar-refractivity contribution in [2.24, 2.45) is 0 Å².